The van der Waals surface area contributed by atoms with Gasteiger partial charge < -0.3 is 4.90 Å². The first-order valence-electron chi connectivity index (χ1n) is 9.71. The van der Waals surface area contributed by atoms with Crippen molar-refractivity contribution in [3.8, 4) is 0 Å². The van der Waals surface area contributed by atoms with Crippen molar-refractivity contribution in [3.63, 3.8) is 0 Å². The Morgan fingerprint density at radius 1 is 1.10 bits per heavy atom. The molecule has 1 aromatic carbocycles. The Kier molecular flexibility index (Phi) is 6.36. The molecule has 0 atom stereocenters. The van der Waals surface area contributed by atoms with Gasteiger partial charge in [0, 0.05) is 38.9 Å². The Morgan fingerprint density at radius 3 is 2.55 bits per heavy atom. The maximum Gasteiger partial charge on any atom is 0.416 e. The Bertz CT molecular complexity index is 1060. The molecule has 1 aliphatic rings. The number of rotatable bonds is 5. The number of piperazine rings is 1. The summed E-state index contributed by atoms with van der Waals surface area (Å²) in [4.78, 5) is 17.4. The number of amides is 1. The summed E-state index contributed by atoms with van der Waals surface area (Å²) >= 11 is 7.28. The maximum absolute atomic E-state index is 12.9. The average molecular weight is 469 g/mol. The summed E-state index contributed by atoms with van der Waals surface area (Å²) < 4.78 is 40.4. The van der Waals surface area contributed by atoms with Gasteiger partial charge in [-0.25, -0.2) is 0 Å². The second-order valence-electron chi connectivity index (χ2n) is 7.44. The first-order chi connectivity index (χ1) is 14.8. The minimum absolute atomic E-state index is 0.0199. The summed E-state index contributed by atoms with van der Waals surface area (Å²) in [6.07, 6.45) is -1.05. The van der Waals surface area contributed by atoms with E-state index in [0.717, 1.165) is 11.6 Å². The van der Waals surface area contributed by atoms with Crippen LogP contribution in [0.4, 0.5) is 13.2 Å². The molecule has 0 aliphatic carbocycles. The number of thiophene rings is 1. The van der Waals surface area contributed by atoms with E-state index in [-0.39, 0.29) is 5.91 Å². The summed E-state index contributed by atoms with van der Waals surface area (Å²) in [6, 6.07) is 7.28. The molecule has 3 heterocycles. The molecule has 1 amide bonds. The molecule has 1 saturated heterocycles. The van der Waals surface area contributed by atoms with Crippen LogP contribution in [0.2, 0.25) is 5.02 Å². The number of carbonyl (C=O) groups is 1. The van der Waals surface area contributed by atoms with Crippen molar-refractivity contribution < 1.29 is 18.0 Å². The number of benzene rings is 1. The van der Waals surface area contributed by atoms with Gasteiger partial charge in [0.15, 0.2) is 0 Å². The van der Waals surface area contributed by atoms with Crippen LogP contribution in [-0.2, 0) is 19.3 Å². The monoisotopic (exact) mass is 468 g/mol. The molecule has 5 nitrogen and oxygen atoms in total. The lowest BCUT2D eigenvalue weighted by Crippen LogP contribution is -2.48. The van der Waals surface area contributed by atoms with Crippen LogP contribution in [-0.4, -0.2) is 51.7 Å². The molecule has 0 N–H and O–H groups in total. The number of carbonyl (C=O) groups excluding carboxylic acids is 1. The molecule has 0 spiro atoms. The van der Waals surface area contributed by atoms with E-state index >= 15 is 0 Å². The molecule has 2 aromatic heterocycles. The average Bonchev–Trinajstić information content (AvgIpc) is 3.37. The first kappa shape index (κ1) is 21.9. The van der Waals surface area contributed by atoms with Gasteiger partial charge in [-0.05, 0) is 28.6 Å². The van der Waals surface area contributed by atoms with Crippen molar-refractivity contribution in [1.29, 1.82) is 0 Å². The van der Waals surface area contributed by atoms with Gasteiger partial charge >= 0.3 is 6.18 Å². The SMILES string of the molecule is O=C(c1cc(Cn2cc(Cl)cn2)cs1)N1CCN(Cc2cccc(C(F)(F)F)c2)CC1. The Balaban J connectivity index is 1.31. The maximum atomic E-state index is 12.9. The first-order valence-corrected chi connectivity index (χ1v) is 11.0. The fraction of sp³-hybridized carbons (Fsp3) is 0.333. The summed E-state index contributed by atoms with van der Waals surface area (Å²) in [5.74, 6) is -0.0199. The van der Waals surface area contributed by atoms with Crippen molar-refractivity contribution in [2.45, 2.75) is 19.3 Å². The predicted molar refractivity (Wildman–Crippen MR) is 113 cm³/mol. The number of hydrogen-bond donors (Lipinski definition) is 0. The van der Waals surface area contributed by atoms with E-state index in [1.165, 1.54) is 23.5 Å². The molecular formula is C21H20ClF3N4OS. The van der Waals surface area contributed by atoms with Crippen molar-refractivity contribution in [2.24, 2.45) is 0 Å². The van der Waals surface area contributed by atoms with Gasteiger partial charge in [-0.15, -0.1) is 11.3 Å². The molecule has 31 heavy (non-hydrogen) atoms. The molecule has 0 saturated carbocycles. The number of alkyl halides is 3. The van der Waals surface area contributed by atoms with Crippen molar-refractivity contribution in [2.75, 3.05) is 26.2 Å². The standard InChI is InChI=1S/C21H20ClF3N4OS/c22-18-10-26-29(13-18)12-16-9-19(31-14-16)20(30)28-6-4-27(5-7-28)11-15-2-1-3-17(8-15)21(23,24)25/h1-3,8-10,13-14H,4-7,11-12H2. The van der Waals surface area contributed by atoms with E-state index in [1.54, 1.807) is 28.0 Å². The molecule has 0 unspecified atom stereocenters. The number of hydrogen-bond acceptors (Lipinski definition) is 4. The van der Waals surface area contributed by atoms with Gasteiger partial charge in [0.05, 0.1) is 28.2 Å². The zero-order valence-electron chi connectivity index (χ0n) is 16.5. The van der Waals surface area contributed by atoms with Crippen LogP contribution < -0.4 is 0 Å². The summed E-state index contributed by atoms with van der Waals surface area (Å²) in [7, 11) is 0. The quantitative estimate of drug-likeness (QED) is 0.548. The van der Waals surface area contributed by atoms with Gasteiger partial charge in [0.2, 0.25) is 0 Å². The van der Waals surface area contributed by atoms with Gasteiger partial charge in [-0.3, -0.25) is 14.4 Å². The van der Waals surface area contributed by atoms with Gasteiger partial charge in [-0.2, -0.15) is 18.3 Å². The van der Waals surface area contributed by atoms with E-state index in [0.29, 0.717) is 54.7 Å². The van der Waals surface area contributed by atoms with E-state index < -0.39 is 11.7 Å². The summed E-state index contributed by atoms with van der Waals surface area (Å²) in [5, 5.41) is 6.64. The Morgan fingerprint density at radius 2 is 1.87 bits per heavy atom. The van der Waals surface area contributed by atoms with E-state index in [4.69, 9.17) is 11.6 Å². The predicted octanol–water partition coefficient (Wildman–Crippen LogP) is 4.62. The molecule has 164 valence electrons. The Labute approximate surface area is 186 Å². The highest BCUT2D eigenvalue weighted by atomic mass is 35.5. The third-order valence-electron chi connectivity index (χ3n) is 5.13. The zero-order valence-corrected chi connectivity index (χ0v) is 18.1. The lowest BCUT2D eigenvalue weighted by atomic mass is 10.1. The largest absolute Gasteiger partial charge is 0.416 e. The highest BCUT2D eigenvalue weighted by Crippen LogP contribution is 2.30. The van der Waals surface area contributed by atoms with Crippen molar-refractivity contribution >= 4 is 28.8 Å². The van der Waals surface area contributed by atoms with Crippen LogP contribution in [0.25, 0.3) is 0 Å². The molecule has 4 rings (SSSR count). The molecule has 0 bridgehead atoms. The van der Waals surface area contributed by atoms with E-state index in [2.05, 4.69) is 10.00 Å². The van der Waals surface area contributed by atoms with Crippen LogP contribution in [0.5, 0.6) is 0 Å². The normalized spacial score (nSPS) is 15.4. The lowest BCUT2D eigenvalue weighted by Gasteiger charge is -2.34. The van der Waals surface area contributed by atoms with Crippen LogP contribution in [0.3, 0.4) is 0 Å². The zero-order chi connectivity index (χ0) is 22.0. The molecular weight excluding hydrogens is 449 g/mol. The second kappa shape index (κ2) is 9.02. The fourth-order valence-corrected chi connectivity index (χ4v) is 4.58. The second-order valence-corrected chi connectivity index (χ2v) is 8.79. The van der Waals surface area contributed by atoms with Crippen molar-refractivity contribution in [3.05, 3.63) is 74.7 Å². The van der Waals surface area contributed by atoms with E-state index in [1.807, 2.05) is 11.4 Å². The highest BCUT2D eigenvalue weighted by molar-refractivity contribution is 7.12. The highest BCUT2D eigenvalue weighted by Gasteiger charge is 2.30. The topological polar surface area (TPSA) is 41.4 Å². The molecule has 1 aliphatic heterocycles. The molecule has 10 heteroatoms. The van der Waals surface area contributed by atoms with Gasteiger partial charge in [0.25, 0.3) is 5.91 Å². The molecule has 0 radical (unpaired) electrons. The number of halogens is 4. The molecule has 3 aromatic rings. The number of nitrogens with zero attached hydrogens (tertiary/aromatic N) is 4. The summed E-state index contributed by atoms with van der Waals surface area (Å²) in [5.41, 5.74) is 0.970. The smallest absolute Gasteiger partial charge is 0.335 e. The van der Waals surface area contributed by atoms with Gasteiger partial charge in [-0.1, -0.05) is 29.8 Å². The van der Waals surface area contributed by atoms with Gasteiger partial charge in [0.1, 0.15) is 0 Å². The summed E-state index contributed by atoms with van der Waals surface area (Å²) in [6.45, 7) is 3.29. The third-order valence-corrected chi connectivity index (χ3v) is 6.29. The van der Waals surface area contributed by atoms with E-state index in [9.17, 15) is 18.0 Å². The minimum Gasteiger partial charge on any atom is -0.335 e. The fourth-order valence-electron chi connectivity index (χ4n) is 3.55. The van der Waals surface area contributed by atoms with Crippen LogP contribution in [0, 0.1) is 0 Å². The minimum atomic E-state index is -4.34. The van der Waals surface area contributed by atoms with Crippen molar-refractivity contribution in [1.82, 2.24) is 19.6 Å². The Hall–Kier alpha value is -2.36. The molecule has 1 fully saturated rings. The van der Waals surface area contributed by atoms with Crippen LogP contribution >= 0.6 is 22.9 Å². The third kappa shape index (κ3) is 5.47. The van der Waals surface area contributed by atoms with Crippen LogP contribution in [0.15, 0.2) is 48.1 Å². The van der Waals surface area contributed by atoms with Crippen LogP contribution in [0.1, 0.15) is 26.4 Å². The lowest BCUT2D eigenvalue weighted by molar-refractivity contribution is -0.137. The number of aromatic nitrogens is 2.